The van der Waals surface area contributed by atoms with Crippen molar-refractivity contribution in [1.82, 2.24) is 18.8 Å². The van der Waals surface area contributed by atoms with E-state index in [0.717, 1.165) is 12.8 Å². The molecule has 0 aromatic carbocycles. The molecule has 8 heteroatoms. The molecule has 0 N–H and O–H groups in total. The first-order chi connectivity index (χ1) is 10.6. The lowest BCUT2D eigenvalue weighted by Gasteiger charge is -2.24. The van der Waals surface area contributed by atoms with Gasteiger partial charge in [-0.15, -0.1) is 0 Å². The summed E-state index contributed by atoms with van der Waals surface area (Å²) in [6.07, 6.45) is 8.31. The van der Waals surface area contributed by atoms with Gasteiger partial charge in [-0.3, -0.25) is 0 Å². The smallest absolute Gasteiger partial charge is 0.244 e. The number of hydrogen-bond donors (Lipinski definition) is 0. The number of nitrogens with zero attached hydrogens (tertiary/aromatic N) is 4. The Kier molecular flexibility index (Phi) is 4.12. The maximum atomic E-state index is 12.8. The van der Waals surface area contributed by atoms with E-state index in [9.17, 15) is 8.42 Å². The lowest BCUT2D eigenvalue weighted by Crippen LogP contribution is -2.37. The molecule has 1 unspecified atom stereocenters. The van der Waals surface area contributed by atoms with Crippen LogP contribution in [0.3, 0.4) is 0 Å². The summed E-state index contributed by atoms with van der Waals surface area (Å²) in [7, 11) is -2.04. The van der Waals surface area contributed by atoms with Gasteiger partial charge in [-0.25, -0.2) is 18.4 Å². The monoisotopic (exact) mass is 322 g/mol. The van der Waals surface area contributed by atoms with Gasteiger partial charge in [0.05, 0.1) is 19.6 Å². The summed E-state index contributed by atoms with van der Waals surface area (Å²) in [5.41, 5.74) is 0. The van der Waals surface area contributed by atoms with Gasteiger partial charge in [-0.1, -0.05) is 0 Å². The summed E-state index contributed by atoms with van der Waals surface area (Å²) in [5.74, 6) is 0.398. The van der Waals surface area contributed by atoms with Crippen molar-refractivity contribution in [1.29, 1.82) is 0 Å². The largest absolute Gasteiger partial charge is 0.481 e. The first kappa shape index (κ1) is 15.0. The number of aromatic nitrogens is 3. The average molecular weight is 322 g/mol. The maximum Gasteiger partial charge on any atom is 0.244 e. The predicted molar refractivity (Wildman–Crippen MR) is 79.9 cm³/mol. The van der Waals surface area contributed by atoms with Gasteiger partial charge in [0.2, 0.25) is 15.9 Å². The molecule has 0 spiro atoms. The second kappa shape index (κ2) is 6.05. The molecule has 2 aromatic rings. The predicted octanol–water partition coefficient (Wildman–Crippen LogP) is 1.14. The first-order valence-corrected chi connectivity index (χ1v) is 8.53. The third-order valence-corrected chi connectivity index (χ3v) is 5.76. The molecular weight excluding hydrogens is 304 g/mol. The van der Waals surface area contributed by atoms with Crippen LogP contribution in [0.15, 0.2) is 41.9 Å². The fourth-order valence-corrected chi connectivity index (χ4v) is 4.35. The quantitative estimate of drug-likeness (QED) is 0.825. The summed E-state index contributed by atoms with van der Waals surface area (Å²) in [6.45, 7) is 1.15. The molecular formula is C14H18N4O3S. The van der Waals surface area contributed by atoms with Crippen molar-refractivity contribution in [3.63, 3.8) is 0 Å². The molecule has 1 aliphatic heterocycles. The molecule has 1 fully saturated rings. The third-order valence-electron chi connectivity index (χ3n) is 3.83. The fraction of sp³-hybridized carbons (Fsp3) is 0.429. The number of rotatable bonds is 5. The maximum absolute atomic E-state index is 12.8. The molecule has 22 heavy (non-hydrogen) atoms. The zero-order valence-corrected chi connectivity index (χ0v) is 13.1. The van der Waals surface area contributed by atoms with Crippen LogP contribution >= 0.6 is 0 Å². The summed E-state index contributed by atoms with van der Waals surface area (Å²) >= 11 is 0. The van der Waals surface area contributed by atoms with Crippen LogP contribution in [-0.2, 0) is 16.6 Å². The number of sulfonamides is 1. The second-order valence-electron chi connectivity index (χ2n) is 5.21. The summed E-state index contributed by atoms with van der Waals surface area (Å²) in [6, 6.07) is 3.04. The van der Waals surface area contributed by atoms with Crippen LogP contribution in [0, 0.1) is 0 Å². The molecule has 0 saturated carbocycles. The van der Waals surface area contributed by atoms with Gasteiger partial charge >= 0.3 is 0 Å². The summed E-state index contributed by atoms with van der Waals surface area (Å²) in [4.78, 5) is 8.19. The molecule has 3 rings (SSSR count). The van der Waals surface area contributed by atoms with Crippen LogP contribution in [0.5, 0.6) is 5.88 Å². The standard InChI is InChI=1S/C14H18N4O3S/c1-21-14-5-4-13(9-16-14)22(19,20)18-7-2-3-12(18)10-17-8-6-15-11-17/h4-6,8-9,11-12H,2-3,7,10H2,1H3. The highest BCUT2D eigenvalue weighted by Gasteiger charge is 2.35. The van der Waals surface area contributed by atoms with Gasteiger partial charge in [0.25, 0.3) is 0 Å². The van der Waals surface area contributed by atoms with Crippen molar-refractivity contribution in [3.8, 4) is 5.88 Å². The molecule has 2 aromatic heterocycles. The number of pyridine rings is 1. The fourth-order valence-electron chi connectivity index (χ4n) is 2.72. The highest BCUT2D eigenvalue weighted by Crippen LogP contribution is 2.27. The number of hydrogen-bond acceptors (Lipinski definition) is 5. The van der Waals surface area contributed by atoms with Crippen molar-refractivity contribution < 1.29 is 13.2 Å². The minimum atomic E-state index is -3.53. The van der Waals surface area contributed by atoms with Gasteiger partial charge in [-0.2, -0.15) is 4.31 Å². The van der Waals surface area contributed by atoms with Crippen LogP contribution < -0.4 is 4.74 Å². The Morgan fingerprint density at radius 2 is 2.27 bits per heavy atom. The van der Waals surface area contributed by atoms with Gasteiger partial charge in [-0.05, 0) is 18.9 Å². The summed E-state index contributed by atoms with van der Waals surface area (Å²) < 4.78 is 34.0. The van der Waals surface area contributed by atoms with Crippen molar-refractivity contribution in [2.24, 2.45) is 0 Å². The van der Waals surface area contributed by atoms with E-state index in [-0.39, 0.29) is 10.9 Å². The zero-order chi connectivity index (χ0) is 15.6. The van der Waals surface area contributed by atoms with E-state index in [1.165, 1.54) is 19.4 Å². The van der Waals surface area contributed by atoms with Crippen molar-refractivity contribution in [2.75, 3.05) is 13.7 Å². The van der Waals surface area contributed by atoms with E-state index in [4.69, 9.17) is 4.74 Å². The molecule has 0 amide bonds. The van der Waals surface area contributed by atoms with Crippen LogP contribution in [0.1, 0.15) is 12.8 Å². The van der Waals surface area contributed by atoms with Crippen LogP contribution in [0.25, 0.3) is 0 Å². The lowest BCUT2D eigenvalue weighted by atomic mass is 10.2. The van der Waals surface area contributed by atoms with E-state index in [0.29, 0.717) is 19.0 Å². The van der Waals surface area contributed by atoms with E-state index < -0.39 is 10.0 Å². The summed E-state index contributed by atoms with van der Waals surface area (Å²) in [5, 5.41) is 0. The van der Waals surface area contributed by atoms with Crippen LogP contribution in [0.4, 0.5) is 0 Å². The van der Waals surface area contributed by atoms with E-state index in [1.807, 2.05) is 10.8 Å². The first-order valence-electron chi connectivity index (χ1n) is 7.09. The molecule has 1 atom stereocenters. The lowest BCUT2D eigenvalue weighted by molar-refractivity contribution is 0.351. The van der Waals surface area contributed by atoms with Crippen LogP contribution in [0.2, 0.25) is 0 Å². The van der Waals surface area contributed by atoms with Crippen molar-refractivity contribution >= 4 is 10.0 Å². The van der Waals surface area contributed by atoms with Gasteiger partial charge < -0.3 is 9.30 Å². The molecule has 1 aliphatic rings. The Labute approximate surface area is 129 Å². The van der Waals surface area contributed by atoms with E-state index in [2.05, 4.69) is 9.97 Å². The molecule has 1 saturated heterocycles. The highest BCUT2D eigenvalue weighted by molar-refractivity contribution is 7.89. The average Bonchev–Trinajstić information content (AvgIpc) is 3.20. The molecule has 3 heterocycles. The zero-order valence-electron chi connectivity index (χ0n) is 12.3. The van der Waals surface area contributed by atoms with Crippen LogP contribution in [-0.4, -0.2) is 47.0 Å². The van der Waals surface area contributed by atoms with E-state index >= 15 is 0 Å². The van der Waals surface area contributed by atoms with Gasteiger partial charge in [0.1, 0.15) is 4.90 Å². The number of methoxy groups -OCH3 is 1. The Morgan fingerprint density at radius 1 is 1.41 bits per heavy atom. The molecule has 118 valence electrons. The molecule has 7 nitrogen and oxygen atoms in total. The van der Waals surface area contributed by atoms with Gasteiger partial charge in [0.15, 0.2) is 0 Å². The Balaban J connectivity index is 1.83. The number of ether oxygens (including phenoxy) is 1. The SMILES string of the molecule is COc1ccc(S(=O)(=O)N2CCCC2Cn2ccnc2)cn1. The second-order valence-corrected chi connectivity index (χ2v) is 7.10. The normalized spacial score (nSPS) is 19.4. The third kappa shape index (κ3) is 2.84. The Hall–Kier alpha value is -1.93. The van der Waals surface area contributed by atoms with Gasteiger partial charge in [0, 0.05) is 37.6 Å². The Morgan fingerprint density at radius 3 is 2.91 bits per heavy atom. The Bertz CT molecular complexity index is 713. The van der Waals surface area contributed by atoms with E-state index in [1.54, 1.807) is 22.9 Å². The topological polar surface area (TPSA) is 77.3 Å². The minimum absolute atomic E-state index is 0.0544. The number of imidazole rings is 1. The molecule has 0 aliphatic carbocycles. The highest BCUT2D eigenvalue weighted by atomic mass is 32.2. The minimum Gasteiger partial charge on any atom is -0.481 e. The van der Waals surface area contributed by atoms with Crippen molar-refractivity contribution in [3.05, 3.63) is 37.1 Å². The van der Waals surface area contributed by atoms with Crippen molar-refractivity contribution in [2.45, 2.75) is 30.3 Å². The molecule has 0 radical (unpaired) electrons. The molecule has 0 bridgehead atoms.